The fourth-order valence-corrected chi connectivity index (χ4v) is 0.673. The van der Waals surface area contributed by atoms with Crippen LogP contribution in [0.2, 0.25) is 0 Å². The van der Waals surface area contributed by atoms with Crippen LogP contribution in [-0.4, -0.2) is 31.6 Å². The zero-order valence-corrected chi connectivity index (χ0v) is 7.02. The summed E-state index contributed by atoms with van der Waals surface area (Å²) in [7, 11) is 3.61. The lowest BCUT2D eigenvalue weighted by Gasteiger charge is -2.00. The van der Waals surface area contributed by atoms with Crippen molar-refractivity contribution >= 4 is 12.5 Å². The van der Waals surface area contributed by atoms with Crippen LogP contribution in [0.15, 0.2) is 21.7 Å². The van der Waals surface area contributed by atoms with Crippen molar-refractivity contribution < 1.29 is 9.21 Å². The predicted octanol–water partition coefficient (Wildman–Crippen LogP) is 0.988. The molecule has 0 spiro atoms. The lowest BCUT2D eigenvalue weighted by atomic mass is 10.4. The van der Waals surface area contributed by atoms with Gasteiger partial charge in [0.05, 0.1) is 6.21 Å². The summed E-state index contributed by atoms with van der Waals surface area (Å²) >= 11 is 0. The summed E-state index contributed by atoms with van der Waals surface area (Å²) in [5.74, 6) is 0.890. The Bertz CT molecular complexity index is 289. The Morgan fingerprint density at radius 2 is 2.08 bits per heavy atom. The Hall–Kier alpha value is -1.58. The van der Waals surface area contributed by atoms with Crippen LogP contribution in [0.5, 0.6) is 0 Å². The standard InChI is InChI=1S/C8H10N2O2/c1-10(2)9-5-7-3-4-8(6-11)12-7/h3-6H,1-2H3/b9-5+. The summed E-state index contributed by atoms with van der Waals surface area (Å²) in [5, 5.41) is 5.58. The Balaban J connectivity index is 2.70. The molecule has 12 heavy (non-hydrogen) atoms. The summed E-state index contributed by atoms with van der Waals surface area (Å²) in [6.45, 7) is 0. The maximum atomic E-state index is 10.2. The topological polar surface area (TPSA) is 45.8 Å². The third-order valence-corrected chi connectivity index (χ3v) is 1.18. The fraction of sp³-hybridized carbons (Fsp3) is 0.250. The Labute approximate surface area is 70.5 Å². The molecule has 0 aliphatic rings. The number of carbonyl (C=O) groups excluding carboxylic acids is 1. The molecule has 0 aliphatic heterocycles. The highest BCUT2D eigenvalue weighted by Gasteiger charge is 1.96. The van der Waals surface area contributed by atoms with E-state index in [2.05, 4.69) is 5.10 Å². The van der Waals surface area contributed by atoms with Crippen molar-refractivity contribution in [3.8, 4) is 0 Å². The molecule has 0 aliphatic carbocycles. The second-order valence-corrected chi connectivity index (χ2v) is 2.45. The van der Waals surface area contributed by atoms with E-state index in [0.717, 1.165) is 0 Å². The Kier molecular flexibility index (Phi) is 2.63. The summed E-state index contributed by atoms with van der Waals surface area (Å²) in [4.78, 5) is 10.2. The quantitative estimate of drug-likeness (QED) is 0.382. The zero-order valence-electron chi connectivity index (χ0n) is 7.02. The minimum atomic E-state index is 0.315. The van der Waals surface area contributed by atoms with Crippen LogP contribution in [0.25, 0.3) is 0 Å². The molecule has 0 saturated carbocycles. The molecule has 0 N–H and O–H groups in total. The number of aldehydes is 1. The van der Waals surface area contributed by atoms with E-state index < -0.39 is 0 Å². The summed E-state index contributed by atoms with van der Waals surface area (Å²) < 4.78 is 5.04. The molecule has 0 amide bonds. The molecule has 0 aromatic carbocycles. The number of hydrogen-bond acceptors (Lipinski definition) is 4. The second kappa shape index (κ2) is 3.71. The van der Waals surface area contributed by atoms with E-state index in [0.29, 0.717) is 17.8 Å². The van der Waals surface area contributed by atoms with E-state index in [9.17, 15) is 4.79 Å². The fourth-order valence-electron chi connectivity index (χ4n) is 0.673. The van der Waals surface area contributed by atoms with Crippen LogP contribution in [0.1, 0.15) is 16.3 Å². The van der Waals surface area contributed by atoms with Gasteiger partial charge in [-0.25, -0.2) is 0 Å². The zero-order chi connectivity index (χ0) is 8.97. The molecule has 4 nitrogen and oxygen atoms in total. The van der Waals surface area contributed by atoms with Crippen molar-refractivity contribution in [3.05, 3.63) is 23.7 Å². The third kappa shape index (κ3) is 2.23. The number of hydrazone groups is 1. The van der Waals surface area contributed by atoms with Gasteiger partial charge in [0, 0.05) is 14.1 Å². The normalized spacial score (nSPS) is 10.5. The van der Waals surface area contributed by atoms with Crippen LogP contribution in [0.4, 0.5) is 0 Å². The van der Waals surface area contributed by atoms with Crippen LogP contribution >= 0.6 is 0 Å². The number of furan rings is 1. The Morgan fingerprint density at radius 1 is 1.42 bits per heavy atom. The maximum Gasteiger partial charge on any atom is 0.185 e. The molecule has 0 fully saturated rings. The molecule has 0 atom stereocenters. The molecule has 0 saturated heterocycles. The third-order valence-electron chi connectivity index (χ3n) is 1.18. The first-order valence-electron chi connectivity index (χ1n) is 3.48. The van der Waals surface area contributed by atoms with Crippen molar-refractivity contribution in [3.63, 3.8) is 0 Å². The molecule has 4 heteroatoms. The molecular formula is C8H10N2O2. The van der Waals surface area contributed by atoms with Gasteiger partial charge in [0.2, 0.25) is 0 Å². The lowest BCUT2D eigenvalue weighted by Crippen LogP contribution is -2.01. The minimum absolute atomic E-state index is 0.315. The number of nitrogens with zero attached hydrogens (tertiary/aromatic N) is 2. The minimum Gasteiger partial charge on any atom is -0.452 e. The van der Waals surface area contributed by atoms with Crippen molar-refractivity contribution in [2.75, 3.05) is 14.1 Å². The van der Waals surface area contributed by atoms with Crippen molar-refractivity contribution in [2.45, 2.75) is 0 Å². The first-order valence-corrected chi connectivity index (χ1v) is 3.48. The van der Waals surface area contributed by atoms with Gasteiger partial charge in [-0.3, -0.25) is 4.79 Å². The molecule has 1 aromatic heterocycles. The van der Waals surface area contributed by atoms with E-state index in [1.165, 1.54) is 0 Å². The van der Waals surface area contributed by atoms with Gasteiger partial charge in [-0.1, -0.05) is 0 Å². The van der Waals surface area contributed by atoms with Gasteiger partial charge in [-0.05, 0) is 12.1 Å². The highest BCUT2D eigenvalue weighted by molar-refractivity contribution is 5.78. The number of carbonyl (C=O) groups is 1. The SMILES string of the molecule is CN(C)/N=C/c1ccc(C=O)o1. The lowest BCUT2D eigenvalue weighted by molar-refractivity contribution is 0.110. The number of rotatable bonds is 3. The molecule has 64 valence electrons. The van der Waals surface area contributed by atoms with Crippen LogP contribution < -0.4 is 0 Å². The predicted molar refractivity (Wildman–Crippen MR) is 45.4 cm³/mol. The van der Waals surface area contributed by atoms with Crippen LogP contribution in [0.3, 0.4) is 0 Å². The van der Waals surface area contributed by atoms with Crippen molar-refractivity contribution in [1.82, 2.24) is 5.01 Å². The van der Waals surface area contributed by atoms with E-state index >= 15 is 0 Å². The first-order chi connectivity index (χ1) is 5.72. The van der Waals surface area contributed by atoms with Crippen molar-refractivity contribution in [2.24, 2.45) is 5.10 Å². The molecule has 1 heterocycles. The van der Waals surface area contributed by atoms with Gasteiger partial charge < -0.3 is 9.43 Å². The smallest absolute Gasteiger partial charge is 0.185 e. The highest BCUT2D eigenvalue weighted by atomic mass is 16.3. The molecule has 1 rings (SSSR count). The summed E-state index contributed by atoms with van der Waals surface area (Å²) in [6.07, 6.45) is 2.21. The van der Waals surface area contributed by atoms with Gasteiger partial charge in [-0.2, -0.15) is 5.10 Å². The monoisotopic (exact) mass is 166 g/mol. The van der Waals surface area contributed by atoms with Gasteiger partial charge in [0.15, 0.2) is 12.0 Å². The van der Waals surface area contributed by atoms with Crippen LogP contribution in [0, 0.1) is 0 Å². The van der Waals surface area contributed by atoms with Gasteiger partial charge >= 0.3 is 0 Å². The molecule has 1 aromatic rings. The largest absolute Gasteiger partial charge is 0.452 e. The molecular weight excluding hydrogens is 156 g/mol. The Morgan fingerprint density at radius 3 is 2.58 bits per heavy atom. The van der Waals surface area contributed by atoms with E-state index in [1.807, 2.05) is 0 Å². The molecule has 0 radical (unpaired) electrons. The second-order valence-electron chi connectivity index (χ2n) is 2.45. The van der Waals surface area contributed by atoms with E-state index in [4.69, 9.17) is 4.42 Å². The van der Waals surface area contributed by atoms with E-state index in [1.54, 1.807) is 37.5 Å². The summed E-state index contributed by atoms with van der Waals surface area (Å²) in [6, 6.07) is 3.29. The number of hydrogen-bond donors (Lipinski definition) is 0. The molecule has 0 bridgehead atoms. The maximum absolute atomic E-state index is 10.2. The van der Waals surface area contributed by atoms with Gasteiger partial charge in [-0.15, -0.1) is 0 Å². The average Bonchev–Trinajstić information content (AvgIpc) is 2.48. The van der Waals surface area contributed by atoms with E-state index in [-0.39, 0.29) is 0 Å². The average molecular weight is 166 g/mol. The van der Waals surface area contributed by atoms with Crippen molar-refractivity contribution in [1.29, 1.82) is 0 Å². The van der Waals surface area contributed by atoms with Gasteiger partial charge in [0.25, 0.3) is 0 Å². The summed E-state index contributed by atoms with van der Waals surface area (Å²) in [5.41, 5.74) is 0. The first kappa shape index (κ1) is 8.52. The van der Waals surface area contributed by atoms with Gasteiger partial charge in [0.1, 0.15) is 5.76 Å². The highest BCUT2D eigenvalue weighted by Crippen LogP contribution is 2.02. The van der Waals surface area contributed by atoms with Crippen LogP contribution in [-0.2, 0) is 0 Å². The molecule has 0 unspecified atom stereocenters.